The number of nitrogens with zero attached hydrogens (tertiary/aromatic N) is 2. The van der Waals surface area contributed by atoms with Gasteiger partial charge in [0.2, 0.25) is 0 Å². The molecule has 0 saturated carbocycles. The van der Waals surface area contributed by atoms with E-state index in [1.807, 2.05) is 9.95 Å². The quantitative estimate of drug-likeness (QED) is 0.640. The van der Waals surface area contributed by atoms with Crippen molar-refractivity contribution in [3.8, 4) is 5.69 Å². The molecule has 2 N–H and O–H groups in total. The summed E-state index contributed by atoms with van der Waals surface area (Å²) in [5.41, 5.74) is 0.894. The first kappa shape index (κ1) is 8.49. The van der Waals surface area contributed by atoms with Gasteiger partial charge in [-0.3, -0.25) is 0 Å². The minimum absolute atomic E-state index is 0.531. The molecule has 0 atom stereocenters. The lowest BCUT2D eigenvalue weighted by atomic mass is 9.89. The van der Waals surface area contributed by atoms with Gasteiger partial charge in [0.05, 0.1) is 12.0 Å². The SMILES string of the molecule is OB(O)c1cc(-n2ccnc2)cs1. The standard InChI is InChI=1S/C7H7BN2O2S/c11-8(12)7-3-6(4-13-7)10-2-1-9-5-10/h1-5,11-12H. The van der Waals surface area contributed by atoms with Crippen LogP contribution in [0.5, 0.6) is 0 Å². The fourth-order valence-corrected chi connectivity index (χ4v) is 1.78. The van der Waals surface area contributed by atoms with Gasteiger partial charge in [-0.05, 0) is 6.07 Å². The Morgan fingerprint density at radius 3 is 2.85 bits per heavy atom. The van der Waals surface area contributed by atoms with Crippen LogP contribution in [-0.4, -0.2) is 26.7 Å². The second-order valence-electron chi connectivity index (χ2n) is 2.55. The van der Waals surface area contributed by atoms with Gasteiger partial charge in [0.15, 0.2) is 0 Å². The molecule has 66 valence electrons. The maximum absolute atomic E-state index is 8.88. The Morgan fingerprint density at radius 2 is 2.31 bits per heavy atom. The number of hydrogen-bond donors (Lipinski definition) is 2. The molecule has 0 aliphatic carbocycles. The van der Waals surface area contributed by atoms with E-state index in [0.29, 0.717) is 4.78 Å². The van der Waals surface area contributed by atoms with Gasteiger partial charge < -0.3 is 14.6 Å². The van der Waals surface area contributed by atoms with Crippen LogP contribution < -0.4 is 4.78 Å². The molecule has 0 unspecified atom stereocenters. The number of aromatic nitrogens is 2. The molecule has 0 fully saturated rings. The van der Waals surface area contributed by atoms with Crippen molar-refractivity contribution in [1.82, 2.24) is 9.55 Å². The average Bonchev–Trinajstić information content (AvgIpc) is 2.75. The van der Waals surface area contributed by atoms with Gasteiger partial charge >= 0.3 is 7.12 Å². The molecule has 0 aliphatic rings. The van der Waals surface area contributed by atoms with Crippen LogP contribution in [0.1, 0.15) is 0 Å². The predicted octanol–water partition coefficient (Wildman–Crippen LogP) is -0.386. The summed E-state index contributed by atoms with van der Waals surface area (Å²) in [4.78, 5) is 3.90. The van der Waals surface area contributed by atoms with Crippen LogP contribution in [0.25, 0.3) is 5.69 Å². The zero-order chi connectivity index (χ0) is 9.26. The van der Waals surface area contributed by atoms with E-state index in [0.717, 1.165) is 5.69 Å². The van der Waals surface area contributed by atoms with Crippen LogP contribution >= 0.6 is 11.3 Å². The van der Waals surface area contributed by atoms with E-state index in [1.165, 1.54) is 11.3 Å². The number of hydrogen-bond acceptors (Lipinski definition) is 4. The zero-order valence-corrected chi connectivity index (χ0v) is 7.48. The van der Waals surface area contributed by atoms with Gasteiger partial charge in [-0.25, -0.2) is 4.98 Å². The molecule has 6 heteroatoms. The van der Waals surface area contributed by atoms with Crippen molar-refractivity contribution in [2.45, 2.75) is 0 Å². The Morgan fingerprint density at radius 1 is 1.46 bits per heavy atom. The first-order valence-corrected chi connectivity index (χ1v) is 4.58. The van der Waals surface area contributed by atoms with Crippen LogP contribution in [0.2, 0.25) is 0 Å². The summed E-state index contributed by atoms with van der Waals surface area (Å²) in [5, 5.41) is 19.6. The number of thiophene rings is 1. The average molecular weight is 194 g/mol. The van der Waals surface area contributed by atoms with Crippen molar-refractivity contribution < 1.29 is 10.0 Å². The second kappa shape index (κ2) is 3.33. The maximum Gasteiger partial charge on any atom is 0.499 e. The van der Waals surface area contributed by atoms with Gasteiger partial charge in [0, 0.05) is 22.6 Å². The third-order valence-electron chi connectivity index (χ3n) is 1.66. The molecule has 4 nitrogen and oxygen atoms in total. The lowest BCUT2D eigenvalue weighted by Crippen LogP contribution is -2.26. The van der Waals surface area contributed by atoms with E-state index in [2.05, 4.69) is 4.98 Å². The fourth-order valence-electron chi connectivity index (χ4n) is 1.02. The number of rotatable bonds is 2. The topological polar surface area (TPSA) is 58.3 Å². The van der Waals surface area contributed by atoms with Gasteiger partial charge in [-0.15, -0.1) is 0 Å². The first-order chi connectivity index (χ1) is 6.27. The molecule has 2 heterocycles. The predicted molar refractivity (Wildman–Crippen MR) is 51.3 cm³/mol. The lowest BCUT2D eigenvalue weighted by Gasteiger charge is -1.94. The summed E-state index contributed by atoms with van der Waals surface area (Å²) in [6.07, 6.45) is 5.14. The Hall–Kier alpha value is -1.11. The molecule has 2 aromatic heterocycles. The Balaban J connectivity index is 2.33. The smallest absolute Gasteiger partial charge is 0.423 e. The Kier molecular flexibility index (Phi) is 2.18. The molecule has 0 spiro atoms. The molecule has 0 radical (unpaired) electrons. The minimum Gasteiger partial charge on any atom is -0.423 e. The molecular formula is C7H7BN2O2S. The summed E-state index contributed by atoms with van der Waals surface area (Å²) in [6, 6.07) is 1.72. The highest BCUT2D eigenvalue weighted by Crippen LogP contribution is 2.09. The summed E-state index contributed by atoms with van der Waals surface area (Å²) in [7, 11) is -1.39. The Bertz CT molecular complexity index is 385. The summed E-state index contributed by atoms with van der Waals surface area (Å²) in [6.45, 7) is 0. The fraction of sp³-hybridized carbons (Fsp3) is 0. The van der Waals surface area contributed by atoms with Crippen molar-refractivity contribution in [3.63, 3.8) is 0 Å². The normalized spacial score (nSPS) is 10.3. The van der Waals surface area contributed by atoms with Crippen LogP contribution in [0.15, 0.2) is 30.2 Å². The molecular weight excluding hydrogens is 187 g/mol. The second-order valence-corrected chi connectivity index (χ2v) is 3.49. The largest absolute Gasteiger partial charge is 0.499 e. The minimum atomic E-state index is -1.39. The van der Waals surface area contributed by atoms with Crippen LogP contribution in [0.4, 0.5) is 0 Å². The van der Waals surface area contributed by atoms with Crippen LogP contribution in [0, 0.1) is 0 Å². The maximum atomic E-state index is 8.88. The molecule has 0 aromatic carbocycles. The molecule has 0 saturated heterocycles. The number of imidazole rings is 1. The van der Waals surface area contributed by atoms with Crippen molar-refractivity contribution in [2.24, 2.45) is 0 Å². The van der Waals surface area contributed by atoms with Crippen molar-refractivity contribution in [1.29, 1.82) is 0 Å². The highest BCUT2D eigenvalue weighted by atomic mass is 32.1. The van der Waals surface area contributed by atoms with E-state index in [-0.39, 0.29) is 0 Å². The van der Waals surface area contributed by atoms with Gasteiger partial charge in [0.25, 0.3) is 0 Å². The molecule has 13 heavy (non-hydrogen) atoms. The van der Waals surface area contributed by atoms with Crippen LogP contribution in [-0.2, 0) is 0 Å². The van der Waals surface area contributed by atoms with E-state index in [1.54, 1.807) is 24.8 Å². The van der Waals surface area contributed by atoms with E-state index in [9.17, 15) is 0 Å². The van der Waals surface area contributed by atoms with Crippen molar-refractivity contribution in [2.75, 3.05) is 0 Å². The van der Waals surface area contributed by atoms with E-state index < -0.39 is 7.12 Å². The summed E-state index contributed by atoms with van der Waals surface area (Å²) >= 11 is 1.31. The van der Waals surface area contributed by atoms with E-state index in [4.69, 9.17) is 10.0 Å². The van der Waals surface area contributed by atoms with Gasteiger partial charge in [0.1, 0.15) is 0 Å². The Labute approximate surface area is 79.2 Å². The molecule has 2 rings (SSSR count). The highest BCUT2D eigenvalue weighted by molar-refractivity contribution is 7.20. The zero-order valence-electron chi connectivity index (χ0n) is 6.66. The van der Waals surface area contributed by atoms with Crippen LogP contribution in [0.3, 0.4) is 0 Å². The monoisotopic (exact) mass is 194 g/mol. The molecule has 2 aromatic rings. The third-order valence-corrected chi connectivity index (χ3v) is 2.62. The summed E-state index contributed by atoms with van der Waals surface area (Å²) in [5.74, 6) is 0. The molecule has 0 aliphatic heterocycles. The summed E-state index contributed by atoms with van der Waals surface area (Å²) < 4.78 is 2.34. The highest BCUT2D eigenvalue weighted by Gasteiger charge is 2.13. The third kappa shape index (κ3) is 1.64. The van der Waals surface area contributed by atoms with Crippen molar-refractivity contribution >= 4 is 23.2 Å². The van der Waals surface area contributed by atoms with Crippen molar-refractivity contribution in [3.05, 3.63) is 30.2 Å². The molecule has 0 bridgehead atoms. The van der Waals surface area contributed by atoms with Gasteiger partial charge in [-0.2, -0.15) is 11.3 Å². The lowest BCUT2D eigenvalue weighted by molar-refractivity contribution is 0.427. The van der Waals surface area contributed by atoms with Gasteiger partial charge in [-0.1, -0.05) is 0 Å². The molecule has 0 amide bonds. The van der Waals surface area contributed by atoms with E-state index >= 15 is 0 Å². The first-order valence-electron chi connectivity index (χ1n) is 3.70.